The third kappa shape index (κ3) is 3.44. The predicted octanol–water partition coefficient (Wildman–Crippen LogP) is 2.61. The molecule has 2 rings (SSSR count). The maximum absolute atomic E-state index is 11.6. The molecule has 1 N–H and O–H groups in total. The summed E-state index contributed by atoms with van der Waals surface area (Å²) in [6.07, 6.45) is 2.20. The van der Waals surface area contributed by atoms with Crippen molar-refractivity contribution in [3.63, 3.8) is 0 Å². The topological polar surface area (TPSA) is 58.2 Å². The lowest BCUT2D eigenvalue weighted by Gasteiger charge is -2.27. The van der Waals surface area contributed by atoms with Gasteiger partial charge in [-0.3, -0.25) is 4.79 Å². The highest BCUT2D eigenvalue weighted by Crippen LogP contribution is 2.24. The molecule has 1 heterocycles. The summed E-state index contributed by atoms with van der Waals surface area (Å²) in [4.78, 5) is 20.4. The number of ether oxygens (including phenoxy) is 1. The fraction of sp³-hybridized carbons (Fsp3) is 0.333. The van der Waals surface area contributed by atoms with E-state index in [1.54, 1.807) is 7.11 Å². The molecule has 6 heteroatoms. The highest BCUT2D eigenvalue weighted by molar-refractivity contribution is 9.10. The Hall–Kier alpha value is -1.82. The molecule has 0 bridgehead atoms. The zero-order valence-corrected chi connectivity index (χ0v) is 13.8. The van der Waals surface area contributed by atoms with E-state index >= 15 is 0 Å². The lowest BCUT2D eigenvalue weighted by molar-refractivity contribution is 0.408. The zero-order chi connectivity index (χ0) is 15.4. The highest BCUT2D eigenvalue weighted by atomic mass is 79.9. The molecule has 0 radical (unpaired) electrons. The number of likely N-dealkylation sites (N-methyl/N-ethyl adjacent to an activating group) is 1. The van der Waals surface area contributed by atoms with Gasteiger partial charge in [0.15, 0.2) is 0 Å². The standard InChI is InChI=1S/C15H18BrN3O2/c1-10(8-11-6-4-5-7-12(11)21-3)19(2)14-13(16)15(20)18-9-17-14/h4-7,9-10H,8H2,1-3H3,(H,17,18,20). The van der Waals surface area contributed by atoms with Crippen molar-refractivity contribution in [3.8, 4) is 5.75 Å². The number of para-hydroxylation sites is 1. The maximum Gasteiger partial charge on any atom is 0.267 e. The second-order valence-corrected chi connectivity index (χ2v) is 5.64. The first-order valence-electron chi connectivity index (χ1n) is 6.62. The van der Waals surface area contributed by atoms with Crippen molar-refractivity contribution < 1.29 is 4.74 Å². The van der Waals surface area contributed by atoms with Crippen LogP contribution in [0.5, 0.6) is 5.75 Å². The van der Waals surface area contributed by atoms with Crippen molar-refractivity contribution in [2.75, 3.05) is 19.1 Å². The SMILES string of the molecule is COc1ccccc1CC(C)N(C)c1nc[nH]c(=O)c1Br. The van der Waals surface area contributed by atoms with Crippen LogP contribution in [0.25, 0.3) is 0 Å². The summed E-state index contributed by atoms with van der Waals surface area (Å²) in [5.74, 6) is 1.50. The van der Waals surface area contributed by atoms with Crippen LogP contribution in [0.1, 0.15) is 12.5 Å². The molecular formula is C15H18BrN3O2. The average molecular weight is 352 g/mol. The van der Waals surface area contributed by atoms with E-state index in [-0.39, 0.29) is 11.6 Å². The first-order chi connectivity index (χ1) is 10.0. The predicted molar refractivity (Wildman–Crippen MR) is 87.1 cm³/mol. The molecule has 0 saturated carbocycles. The number of aromatic amines is 1. The minimum Gasteiger partial charge on any atom is -0.496 e. The number of nitrogens with zero attached hydrogens (tertiary/aromatic N) is 2. The lowest BCUT2D eigenvalue weighted by atomic mass is 10.1. The van der Waals surface area contributed by atoms with Gasteiger partial charge >= 0.3 is 0 Å². The van der Waals surface area contributed by atoms with E-state index in [0.29, 0.717) is 10.3 Å². The summed E-state index contributed by atoms with van der Waals surface area (Å²) in [6, 6.07) is 8.09. The first-order valence-corrected chi connectivity index (χ1v) is 7.41. The van der Waals surface area contributed by atoms with Crippen LogP contribution in [-0.4, -0.2) is 30.2 Å². The maximum atomic E-state index is 11.6. The Morgan fingerprint density at radius 1 is 1.43 bits per heavy atom. The Bertz CT molecular complexity index is 672. The monoisotopic (exact) mass is 351 g/mol. The molecule has 0 aliphatic rings. The summed E-state index contributed by atoms with van der Waals surface area (Å²) >= 11 is 3.29. The molecule has 0 spiro atoms. The molecular weight excluding hydrogens is 334 g/mol. The molecule has 1 aromatic heterocycles. The first kappa shape index (κ1) is 15.6. The molecule has 1 atom stereocenters. The van der Waals surface area contributed by atoms with Crippen LogP contribution in [0.3, 0.4) is 0 Å². The fourth-order valence-corrected chi connectivity index (χ4v) is 2.65. The van der Waals surface area contributed by atoms with Crippen molar-refractivity contribution in [2.24, 2.45) is 0 Å². The average Bonchev–Trinajstić information content (AvgIpc) is 2.50. The molecule has 2 aromatic rings. The van der Waals surface area contributed by atoms with Crippen molar-refractivity contribution in [3.05, 3.63) is 51.0 Å². The second kappa shape index (κ2) is 6.76. The van der Waals surface area contributed by atoms with Crippen molar-refractivity contribution in [2.45, 2.75) is 19.4 Å². The number of nitrogens with one attached hydrogen (secondary N) is 1. The Kier molecular flexibility index (Phi) is 5.01. The normalized spacial score (nSPS) is 12.0. The number of hydrogen-bond donors (Lipinski definition) is 1. The van der Waals surface area contributed by atoms with Gasteiger partial charge in [0.25, 0.3) is 5.56 Å². The number of aromatic nitrogens is 2. The van der Waals surface area contributed by atoms with E-state index in [1.807, 2.05) is 36.2 Å². The molecule has 0 saturated heterocycles. The van der Waals surface area contributed by atoms with Gasteiger partial charge in [-0.25, -0.2) is 4.98 Å². The van der Waals surface area contributed by atoms with Gasteiger partial charge in [0.1, 0.15) is 16.0 Å². The van der Waals surface area contributed by atoms with E-state index in [9.17, 15) is 4.79 Å². The smallest absolute Gasteiger partial charge is 0.267 e. The minimum absolute atomic E-state index is 0.159. The molecule has 0 fully saturated rings. The molecule has 0 amide bonds. The molecule has 5 nitrogen and oxygen atoms in total. The molecule has 0 aliphatic heterocycles. The van der Waals surface area contributed by atoms with Crippen LogP contribution >= 0.6 is 15.9 Å². The summed E-state index contributed by atoms with van der Waals surface area (Å²) < 4.78 is 5.82. The number of benzene rings is 1. The van der Waals surface area contributed by atoms with Gasteiger partial charge in [-0.15, -0.1) is 0 Å². The minimum atomic E-state index is -0.184. The van der Waals surface area contributed by atoms with Crippen LogP contribution < -0.4 is 15.2 Å². The Labute approximate surface area is 132 Å². The van der Waals surface area contributed by atoms with Crippen molar-refractivity contribution >= 4 is 21.7 Å². The van der Waals surface area contributed by atoms with E-state index in [0.717, 1.165) is 17.7 Å². The molecule has 21 heavy (non-hydrogen) atoms. The summed E-state index contributed by atoms with van der Waals surface area (Å²) in [6.45, 7) is 2.09. The Morgan fingerprint density at radius 3 is 2.86 bits per heavy atom. The third-order valence-electron chi connectivity index (χ3n) is 3.48. The number of H-pyrrole nitrogens is 1. The van der Waals surface area contributed by atoms with Gasteiger partial charge in [0.2, 0.25) is 0 Å². The lowest BCUT2D eigenvalue weighted by Crippen LogP contribution is -2.33. The van der Waals surface area contributed by atoms with Crippen LogP contribution in [0.2, 0.25) is 0 Å². The molecule has 112 valence electrons. The number of hydrogen-bond acceptors (Lipinski definition) is 4. The molecule has 1 unspecified atom stereocenters. The van der Waals surface area contributed by atoms with Gasteiger partial charge < -0.3 is 14.6 Å². The number of methoxy groups -OCH3 is 1. The van der Waals surface area contributed by atoms with Gasteiger partial charge in [0.05, 0.1) is 13.4 Å². The van der Waals surface area contributed by atoms with Crippen LogP contribution in [0.15, 0.2) is 39.9 Å². The summed E-state index contributed by atoms with van der Waals surface area (Å²) in [5.41, 5.74) is 0.941. The van der Waals surface area contributed by atoms with Crippen molar-refractivity contribution in [1.82, 2.24) is 9.97 Å². The summed E-state index contributed by atoms with van der Waals surface area (Å²) in [7, 11) is 3.59. The molecule has 0 aliphatic carbocycles. The third-order valence-corrected chi connectivity index (χ3v) is 4.20. The fourth-order valence-electron chi connectivity index (χ4n) is 2.16. The Morgan fingerprint density at radius 2 is 2.14 bits per heavy atom. The van der Waals surface area contributed by atoms with Gasteiger partial charge in [0, 0.05) is 13.1 Å². The van der Waals surface area contributed by atoms with Gasteiger partial charge in [-0.2, -0.15) is 0 Å². The van der Waals surface area contributed by atoms with E-state index < -0.39 is 0 Å². The van der Waals surface area contributed by atoms with Crippen molar-refractivity contribution in [1.29, 1.82) is 0 Å². The van der Waals surface area contributed by atoms with Crippen LogP contribution in [-0.2, 0) is 6.42 Å². The second-order valence-electron chi connectivity index (χ2n) is 4.85. The quantitative estimate of drug-likeness (QED) is 0.899. The highest BCUT2D eigenvalue weighted by Gasteiger charge is 2.17. The van der Waals surface area contributed by atoms with E-state index in [1.165, 1.54) is 6.33 Å². The number of rotatable bonds is 5. The van der Waals surface area contributed by atoms with E-state index in [4.69, 9.17) is 4.74 Å². The largest absolute Gasteiger partial charge is 0.496 e. The van der Waals surface area contributed by atoms with Gasteiger partial charge in [-0.05, 0) is 40.9 Å². The van der Waals surface area contributed by atoms with Gasteiger partial charge in [-0.1, -0.05) is 18.2 Å². The summed E-state index contributed by atoms with van der Waals surface area (Å²) in [5, 5.41) is 0. The van der Waals surface area contributed by atoms with Crippen LogP contribution in [0, 0.1) is 0 Å². The number of anilines is 1. The Balaban J connectivity index is 2.21. The number of halogens is 1. The molecule has 1 aromatic carbocycles. The van der Waals surface area contributed by atoms with Crippen LogP contribution in [0.4, 0.5) is 5.82 Å². The van der Waals surface area contributed by atoms with E-state index in [2.05, 4.69) is 32.8 Å². The zero-order valence-electron chi connectivity index (χ0n) is 12.3.